The Bertz CT molecular complexity index is 1180. The van der Waals surface area contributed by atoms with E-state index in [4.69, 9.17) is 5.73 Å². The summed E-state index contributed by atoms with van der Waals surface area (Å²) in [4.78, 5) is 33.1. The monoisotopic (exact) mass is 519 g/mol. The van der Waals surface area contributed by atoms with Gasteiger partial charge >= 0.3 is 0 Å². The van der Waals surface area contributed by atoms with Crippen molar-refractivity contribution in [2.45, 2.75) is 69.4 Å². The molecule has 2 fully saturated rings. The van der Waals surface area contributed by atoms with Gasteiger partial charge in [-0.1, -0.05) is 19.3 Å². The molecule has 2 aliphatic rings. The normalized spacial score (nSPS) is 18.6. The van der Waals surface area contributed by atoms with Gasteiger partial charge in [0.05, 0.1) is 11.2 Å². The van der Waals surface area contributed by atoms with E-state index in [2.05, 4.69) is 25.9 Å². The highest BCUT2D eigenvalue weighted by atomic mass is 19.3. The van der Waals surface area contributed by atoms with Crippen LogP contribution in [0.4, 0.5) is 26.1 Å². The Morgan fingerprint density at radius 1 is 1.19 bits per heavy atom. The second-order valence-electron chi connectivity index (χ2n) is 9.61. The van der Waals surface area contributed by atoms with Gasteiger partial charge in [-0.3, -0.25) is 9.59 Å². The van der Waals surface area contributed by atoms with Gasteiger partial charge in [0.1, 0.15) is 17.3 Å². The molecule has 2 saturated carbocycles. The molecule has 0 aliphatic heterocycles. The summed E-state index contributed by atoms with van der Waals surface area (Å²) in [6, 6.07) is 4.11. The van der Waals surface area contributed by atoms with Gasteiger partial charge in [-0.25, -0.2) is 18.7 Å². The first-order valence-electron chi connectivity index (χ1n) is 12.3. The lowest BCUT2D eigenvalue weighted by atomic mass is 9.87. The number of nitrogens with two attached hydrogens (primary N) is 1. The topological polar surface area (TPSA) is 147 Å². The van der Waals surface area contributed by atoms with Crippen molar-refractivity contribution < 1.29 is 18.7 Å². The van der Waals surface area contributed by atoms with Crippen molar-refractivity contribution in [1.82, 2.24) is 19.9 Å². The Morgan fingerprint density at radius 3 is 2.35 bits per heavy atom. The fourth-order valence-electron chi connectivity index (χ4n) is 4.32. The summed E-state index contributed by atoms with van der Waals surface area (Å²) in [5.41, 5.74) is 4.98. The van der Waals surface area contributed by atoms with Gasteiger partial charge < -0.3 is 31.4 Å². The van der Waals surface area contributed by atoms with E-state index in [0.717, 1.165) is 19.0 Å². The predicted octanol–water partition coefficient (Wildman–Crippen LogP) is 3.14. The quantitative estimate of drug-likeness (QED) is 0.366. The molecule has 2 heterocycles. The Kier molecular flexibility index (Phi) is 8.85. The lowest BCUT2D eigenvalue weighted by Crippen LogP contribution is -2.41. The number of hydrogen-bond donors (Lipinski definition) is 5. The van der Waals surface area contributed by atoms with Crippen molar-refractivity contribution >= 4 is 28.8 Å². The number of anilines is 3. The van der Waals surface area contributed by atoms with Crippen molar-refractivity contribution in [1.29, 1.82) is 0 Å². The maximum Gasteiger partial charge on any atom is 0.274 e. The third-order valence-electron chi connectivity index (χ3n) is 6.49. The molecule has 0 bridgehead atoms. The highest BCUT2D eigenvalue weighted by Gasteiger charge is 2.46. The van der Waals surface area contributed by atoms with E-state index in [1.54, 1.807) is 13.1 Å². The van der Waals surface area contributed by atoms with Gasteiger partial charge in [0, 0.05) is 51.4 Å². The maximum absolute atomic E-state index is 13.2. The number of rotatable bonds is 6. The zero-order chi connectivity index (χ0) is 27.2. The van der Waals surface area contributed by atoms with E-state index < -0.39 is 23.4 Å². The zero-order valence-electron chi connectivity index (χ0n) is 21.4. The largest absolute Gasteiger partial charge is 0.404 e. The molecule has 0 saturated heterocycles. The van der Waals surface area contributed by atoms with Crippen LogP contribution in [0.15, 0.2) is 35.4 Å². The lowest BCUT2D eigenvalue weighted by molar-refractivity contribution is -0.115. The molecule has 0 radical (unpaired) electrons. The summed E-state index contributed by atoms with van der Waals surface area (Å²) in [6.07, 6.45) is 7.60. The van der Waals surface area contributed by atoms with Gasteiger partial charge in [0.25, 0.3) is 17.4 Å². The number of likely N-dealkylation sites (N-methyl/N-ethyl adjacent to an activating group) is 1. The molecular formula is C25H35F2N7O3. The summed E-state index contributed by atoms with van der Waals surface area (Å²) in [5, 5.41) is 17.5. The number of halogens is 2. The lowest BCUT2D eigenvalue weighted by Gasteiger charge is -2.36. The van der Waals surface area contributed by atoms with Crippen LogP contribution in [0.1, 0.15) is 63.7 Å². The van der Waals surface area contributed by atoms with Crippen molar-refractivity contribution in [3.8, 4) is 0 Å². The predicted molar refractivity (Wildman–Crippen MR) is 139 cm³/mol. The third kappa shape index (κ3) is 7.25. The van der Waals surface area contributed by atoms with Crippen LogP contribution >= 0.6 is 0 Å². The number of alkyl halides is 2. The second kappa shape index (κ2) is 11.7. The number of carbonyl (C=O) groups is 1. The summed E-state index contributed by atoms with van der Waals surface area (Å²) >= 11 is 0. The van der Waals surface area contributed by atoms with Crippen LogP contribution in [0.25, 0.3) is 5.57 Å². The van der Waals surface area contributed by atoms with Crippen molar-refractivity contribution in [2.24, 2.45) is 5.73 Å². The van der Waals surface area contributed by atoms with Crippen LogP contribution in [-0.4, -0.2) is 51.2 Å². The number of amides is 1. The van der Waals surface area contributed by atoms with Crippen molar-refractivity contribution in [3.05, 3.63) is 46.8 Å². The van der Waals surface area contributed by atoms with Crippen molar-refractivity contribution in [3.63, 3.8) is 0 Å². The molecule has 2 aromatic rings. The Labute approximate surface area is 214 Å². The minimum Gasteiger partial charge on any atom is -0.404 e. The molecular weight excluding hydrogens is 484 g/mol. The van der Waals surface area contributed by atoms with Gasteiger partial charge in [-0.05, 0) is 31.9 Å². The van der Waals surface area contributed by atoms with Gasteiger partial charge in [-0.15, -0.1) is 0 Å². The van der Waals surface area contributed by atoms with Crippen LogP contribution in [-0.2, 0) is 4.79 Å². The van der Waals surface area contributed by atoms with E-state index in [-0.39, 0.29) is 41.3 Å². The average molecular weight is 520 g/mol. The molecule has 12 heteroatoms. The Morgan fingerprint density at radius 2 is 1.84 bits per heavy atom. The third-order valence-corrected chi connectivity index (χ3v) is 6.49. The molecule has 0 atom stereocenters. The molecule has 0 aromatic carbocycles. The molecule has 202 valence electrons. The maximum atomic E-state index is 13.2. The van der Waals surface area contributed by atoms with E-state index in [1.807, 2.05) is 6.92 Å². The number of nitrogens with zero attached hydrogens (tertiary/aromatic N) is 3. The highest BCUT2D eigenvalue weighted by molar-refractivity contribution is 6.18. The van der Waals surface area contributed by atoms with Crippen molar-refractivity contribution in [2.75, 3.05) is 24.7 Å². The van der Waals surface area contributed by atoms with Crippen LogP contribution in [0.2, 0.25) is 0 Å². The Balaban J connectivity index is 0.000000405. The number of hydrogen-bond acceptors (Lipinski definition) is 8. The number of aliphatic hydroxyl groups is 1. The second-order valence-corrected chi connectivity index (χ2v) is 9.61. The first kappa shape index (κ1) is 28.0. The van der Waals surface area contributed by atoms with Crippen LogP contribution < -0.4 is 27.2 Å². The summed E-state index contributed by atoms with van der Waals surface area (Å²) in [6.45, 7) is 1.94. The molecule has 37 heavy (non-hydrogen) atoms. The first-order valence-corrected chi connectivity index (χ1v) is 12.3. The molecule has 0 unspecified atom stereocenters. The Hall–Kier alpha value is -3.54. The standard InChI is InChI=1S/C18H21F2N7O2.C7H14O/c1-22-13-6-14(26-15(25-13)11(9-21)16(28)23-2)24-12-4-3-5-27(17(12)29)10-7-18(19,20)8-10;1-7(8)5-3-2-4-6-7/h3-6,9-10H,7-8,21H2,1-2H3,(H,23,28)(H2,22,24,25,26);8H,2-6H2,1H3/b11-9+;. The first-order chi connectivity index (χ1) is 17.5. The van der Waals surface area contributed by atoms with E-state index in [1.165, 1.54) is 49.2 Å². The fraction of sp³-hybridized carbons (Fsp3) is 0.520. The van der Waals surface area contributed by atoms with E-state index in [0.29, 0.717) is 5.82 Å². The summed E-state index contributed by atoms with van der Waals surface area (Å²) in [7, 11) is 3.08. The molecule has 0 spiro atoms. The number of aromatic nitrogens is 3. The van der Waals surface area contributed by atoms with Crippen LogP contribution in [0.5, 0.6) is 0 Å². The highest BCUT2D eigenvalue weighted by Crippen LogP contribution is 2.44. The number of nitrogens with one attached hydrogen (secondary N) is 3. The minimum atomic E-state index is -2.73. The SMILES string of the molecule is CC1(O)CCCCC1.CNC(=O)/C(=C/N)c1nc(NC)cc(Nc2cccn(C3CC(F)(F)C3)c2=O)n1. The van der Waals surface area contributed by atoms with Gasteiger partial charge in [0.15, 0.2) is 5.82 Å². The molecule has 4 rings (SSSR count). The average Bonchev–Trinajstić information content (AvgIpc) is 2.84. The molecule has 2 aliphatic carbocycles. The van der Waals surface area contributed by atoms with Crippen LogP contribution in [0, 0.1) is 0 Å². The van der Waals surface area contributed by atoms with Gasteiger partial charge in [0.2, 0.25) is 0 Å². The van der Waals surface area contributed by atoms with Gasteiger partial charge in [-0.2, -0.15) is 0 Å². The van der Waals surface area contributed by atoms with E-state index in [9.17, 15) is 23.5 Å². The minimum absolute atomic E-state index is 0.0508. The molecule has 2 aromatic heterocycles. The summed E-state index contributed by atoms with van der Waals surface area (Å²) in [5.74, 6) is -2.54. The van der Waals surface area contributed by atoms with E-state index >= 15 is 0 Å². The fourth-order valence-corrected chi connectivity index (χ4v) is 4.32. The number of pyridine rings is 1. The number of carbonyl (C=O) groups excluding carboxylic acids is 1. The molecule has 1 amide bonds. The summed E-state index contributed by atoms with van der Waals surface area (Å²) < 4.78 is 27.7. The van der Waals surface area contributed by atoms with Crippen LogP contribution in [0.3, 0.4) is 0 Å². The molecule has 10 nitrogen and oxygen atoms in total. The molecule has 6 N–H and O–H groups in total. The zero-order valence-corrected chi connectivity index (χ0v) is 21.4. The smallest absolute Gasteiger partial charge is 0.274 e.